The first kappa shape index (κ1) is 17.0. The van der Waals surface area contributed by atoms with E-state index in [0.717, 1.165) is 34.0 Å². The summed E-state index contributed by atoms with van der Waals surface area (Å²) in [5.41, 5.74) is 5.93. The molecule has 0 aliphatic heterocycles. The molecule has 0 saturated carbocycles. The van der Waals surface area contributed by atoms with Gasteiger partial charge in [-0.05, 0) is 45.9 Å². The zero-order chi connectivity index (χ0) is 18.0. The van der Waals surface area contributed by atoms with E-state index >= 15 is 0 Å². The molecule has 6 heteroatoms. The Morgan fingerprint density at radius 3 is 2.44 bits per heavy atom. The average molecular weight is 337 g/mol. The molecule has 130 valence electrons. The first-order valence-electron chi connectivity index (χ1n) is 8.34. The topological polar surface area (TPSA) is 64.7 Å². The predicted octanol–water partition coefficient (Wildman–Crippen LogP) is 2.62. The summed E-state index contributed by atoms with van der Waals surface area (Å²) in [5, 5.41) is 11.9. The molecule has 2 aromatic heterocycles. The summed E-state index contributed by atoms with van der Waals surface area (Å²) < 4.78 is 3.63. The molecule has 0 saturated heterocycles. The fourth-order valence-corrected chi connectivity index (χ4v) is 2.97. The van der Waals surface area contributed by atoms with Crippen LogP contribution in [0, 0.1) is 27.7 Å². The van der Waals surface area contributed by atoms with Crippen molar-refractivity contribution in [1.29, 1.82) is 0 Å². The van der Waals surface area contributed by atoms with E-state index in [1.165, 1.54) is 0 Å². The summed E-state index contributed by atoms with van der Waals surface area (Å²) in [6.45, 7) is 8.55. The molecule has 0 aliphatic carbocycles. The van der Waals surface area contributed by atoms with Crippen molar-refractivity contribution in [2.24, 2.45) is 0 Å². The van der Waals surface area contributed by atoms with Crippen molar-refractivity contribution in [3.63, 3.8) is 0 Å². The van der Waals surface area contributed by atoms with Gasteiger partial charge in [-0.25, -0.2) is 4.68 Å². The Morgan fingerprint density at radius 1 is 1.08 bits per heavy atom. The van der Waals surface area contributed by atoms with Gasteiger partial charge < -0.3 is 5.32 Å². The van der Waals surface area contributed by atoms with Crippen LogP contribution in [0.15, 0.2) is 36.4 Å². The predicted molar refractivity (Wildman–Crippen MR) is 96.6 cm³/mol. The number of amides is 1. The standard InChI is InChI=1S/C19H23N5O/c1-13-10-14(2)23(21-13)12-19(25)20-11-18-15(3)22-24(16(18)4)17-8-6-5-7-9-17/h5-10H,11-12H2,1-4H3,(H,20,25). The first-order valence-corrected chi connectivity index (χ1v) is 8.34. The van der Waals surface area contributed by atoms with Crippen LogP contribution in [0.1, 0.15) is 28.3 Å². The van der Waals surface area contributed by atoms with Crippen molar-refractivity contribution in [2.75, 3.05) is 0 Å². The second-order valence-electron chi connectivity index (χ2n) is 6.26. The van der Waals surface area contributed by atoms with Gasteiger partial charge in [0.1, 0.15) is 6.54 Å². The van der Waals surface area contributed by atoms with Crippen LogP contribution in [0.5, 0.6) is 0 Å². The monoisotopic (exact) mass is 337 g/mol. The van der Waals surface area contributed by atoms with Crippen molar-refractivity contribution in [3.8, 4) is 5.69 Å². The van der Waals surface area contributed by atoms with Crippen LogP contribution < -0.4 is 5.32 Å². The van der Waals surface area contributed by atoms with Gasteiger partial charge in [0, 0.05) is 23.5 Å². The summed E-state index contributed by atoms with van der Waals surface area (Å²) in [4.78, 5) is 12.2. The molecule has 0 fully saturated rings. The van der Waals surface area contributed by atoms with Crippen LogP contribution in [0.4, 0.5) is 0 Å². The third-order valence-corrected chi connectivity index (χ3v) is 4.30. The molecule has 1 amide bonds. The van der Waals surface area contributed by atoms with E-state index in [0.29, 0.717) is 6.54 Å². The molecule has 3 rings (SSSR count). The van der Waals surface area contributed by atoms with Crippen molar-refractivity contribution in [1.82, 2.24) is 24.9 Å². The third kappa shape index (κ3) is 3.63. The molecule has 0 bridgehead atoms. The average Bonchev–Trinajstić information content (AvgIpc) is 3.05. The Balaban J connectivity index is 1.70. The molecule has 1 aromatic carbocycles. The maximum absolute atomic E-state index is 12.2. The minimum absolute atomic E-state index is 0.0579. The fourth-order valence-electron chi connectivity index (χ4n) is 2.97. The molecule has 6 nitrogen and oxygen atoms in total. The van der Waals surface area contributed by atoms with Crippen LogP contribution in [0.25, 0.3) is 5.69 Å². The Hall–Kier alpha value is -2.89. The lowest BCUT2D eigenvalue weighted by Crippen LogP contribution is -2.28. The Labute approximate surface area is 147 Å². The molecule has 25 heavy (non-hydrogen) atoms. The van der Waals surface area contributed by atoms with E-state index < -0.39 is 0 Å². The molecule has 0 atom stereocenters. The lowest BCUT2D eigenvalue weighted by atomic mass is 10.2. The van der Waals surface area contributed by atoms with Crippen LogP contribution in [0.3, 0.4) is 0 Å². The minimum atomic E-state index is -0.0579. The largest absolute Gasteiger partial charge is 0.350 e. The van der Waals surface area contributed by atoms with E-state index in [9.17, 15) is 4.79 Å². The van der Waals surface area contributed by atoms with Gasteiger partial charge in [0.05, 0.1) is 17.1 Å². The van der Waals surface area contributed by atoms with Gasteiger partial charge in [-0.3, -0.25) is 9.48 Å². The highest BCUT2D eigenvalue weighted by Gasteiger charge is 2.14. The van der Waals surface area contributed by atoms with E-state index in [-0.39, 0.29) is 12.5 Å². The zero-order valence-electron chi connectivity index (χ0n) is 15.1. The second kappa shape index (κ2) is 6.93. The molecule has 1 N–H and O–H groups in total. The van der Waals surface area contributed by atoms with Crippen molar-refractivity contribution < 1.29 is 4.79 Å². The van der Waals surface area contributed by atoms with Crippen molar-refractivity contribution in [3.05, 3.63) is 64.7 Å². The normalized spacial score (nSPS) is 10.9. The quantitative estimate of drug-likeness (QED) is 0.778. The van der Waals surface area contributed by atoms with Crippen LogP contribution >= 0.6 is 0 Å². The minimum Gasteiger partial charge on any atom is -0.350 e. The number of aromatic nitrogens is 4. The highest BCUT2D eigenvalue weighted by Crippen LogP contribution is 2.17. The highest BCUT2D eigenvalue weighted by atomic mass is 16.2. The zero-order valence-corrected chi connectivity index (χ0v) is 15.1. The number of para-hydroxylation sites is 1. The van der Waals surface area contributed by atoms with Gasteiger partial charge in [-0.1, -0.05) is 18.2 Å². The number of benzene rings is 1. The van der Waals surface area contributed by atoms with Gasteiger partial charge in [0.15, 0.2) is 0 Å². The van der Waals surface area contributed by atoms with Crippen molar-refractivity contribution >= 4 is 5.91 Å². The number of hydrogen-bond acceptors (Lipinski definition) is 3. The smallest absolute Gasteiger partial charge is 0.242 e. The number of carbonyl (C=O) groups is 1. The fraction of sp³-hybridized carbons (Fsp3) is 0.316. The van der Waals surface area contributed by atoms with Crippen molar-refractivity contribution in [2.45, 2.75) is 40.8 Å². The second-order valence-corrected chi connectivity index (χ2v) is 6.26. The summed E-state index contributed by atoms with van der Waals surface area (Å²) in [6.07, 6.45) is 0. The van der Waals surface area contributed by atoms with Crippen LogP contribution in [-0.4, -0.2) is 25.5 Å². The summed E-state index contributed by atoms with van der Waals surface area (Å²) in [5.74, 6) is -0.0579. The number of nitrogens with zero attached hydrogens (tertiary/aromatic N) is 4. The Kier molecular flexibility index (Phi) is 4.70. The molecule has 2 heterocycles. The lowest BCUT2D eigenvalue weighted by molar-refractivity contribution is -0.122. The maximum Gasteiger partial charge on any atom is 0.242 e. The van der Waals surface area contributed by atoms with E-state index in [1.807, 2.05) is 68.8 Å². The molecular formula is C19H23N5O. The lowest BCUT2D eigenvalue weighted by Gasteiger charge is -2.08. The summed E-state index contributed by atoms with van der Waals surface area (Å²) >= 11 is 0. The highest BCUT2D eigenvalue weighted by molar-refractivity contribution is 5.75. The molecule has 0 aliphatic rings. The molecule has 0 spiro atoms. The molecule has 0 unspecified atom stereocenters. The number of aryl methyl sites for hydroxylation is 3. The number of rotatable bonds is 5. The van der Waals surface area contributed by atoms with E-state index in [4.69, 9.17) is 0 Å². The number of hydrogen-bond donors (Lipinski definition) is 1. The van der Waals surface area contributed by atoms with E-state index in [2.05, 4.69) is 15.5 Å². The Bertz CT molecular complexity index is 892. The first-order chi connectivity index (χ1) is 12.0. The van der Waals surface area contributed by atoms with Gasteiger partial charge in [-0.15, -0.1) is 0 Å². The molecule has 3 aromatic rings. The number of nitrogens with one attached hydrogen (secondary N) is 1. The van der Waals surface area contributed by atoms with Gasteiger partial charge >= 0.3 is 0 Å². The van der Waals surface area contributed by atoms with E-state index in [1.54, 1.807) is 4.68 Å². The van der Waals surface area contributed by atoms with Gasteiger partial charge in [-0.2, -0.15) is 10.2 Å². The SMILES string of the molecule is Cc1cc(C)n(CC(=O)NCc2c(C)nn(-c3ccccc3)c2C)n1. The van der Waals surface area contributed by atoms with Gasteiger partial charge in [0.25, 0.3) is 0 Å². The van der Waals surface area contributed by atoms with Gasteiger partial charge in [0.2, 0.25) is 5.91 Å². The van der Waals surface area contributed by atoms with Crippen LogP contribution in [0.2, 0.25) is 0 Å². The number of carbonyl (C=O) groups excluding carboxylic acids is 1. The van der Waals surface area contributed by atoms with Crippen LogP contribution in [-0.2, 0) is 17.9 Å². The third-order valence-electron chi connectivity index (χ3n) is 4.30. The maximum atomic E-state index is 12.2. The summed E-state index contributed by atoms with van der Waals surface area (Å²) in [7, 11) is 0. The summed E-state index contributed by atoms with van der Waals surface area (Å²) in [6, 6.07) is 12.0. The molecule has 0 radical (unpaired) electrons. The Morgan fingerprint density at radius 2 is 1.80 bits per heavy atom. The molecular weight excluding hydrogens is 314 g/mol.